The van der Waals surface area contributed by atoms with Gasteiger partial charge < -0.3 is 20.5 Å². The predicted molar refractivity (Wildman–Crippen MR) is 139 cm³/mol. The second kappa shape index (κ2) is 11.8. The summed E-state index contributed by atoms with van der Waals surface area (Å²) in [6, 6.07) is 12.6. The second-order valence-electron chi connectivity index (χ2n) is 8.77. The zero-order valence-electron chi connectivity index (χ0n) is 19.8. The average molecular weight is 470 g/mol. The number of anilines is 2. The zero-order chi connectivity index (χ0) is 24.5. The number of rotatable bonds is 11. The molecule has 1 amide bonds. The smallest absolute Gasteiger partial charge is 0.242 e. The third-order valence-corrected chi connectivity index (χ3v) is 6.20. The molecular formula is C27H31N7O. The lowest BCUT2D eigenvalue weighted by Crippen LogP contribution is -2.40. The van der Waals surface area contributed by atoms with Crippen LogP contribution >= 0.6 is 0 Å². The Labute approximate surface area is 206 Å². The Morgan fingerprint density at radius 1 is 1.20 bits per heavy atom. The van der Waals surface area contributed by atoms with Crippen molar-refractivity contribution >= 4 is 23.4 Å². The van der Waals surface area contributed by atoms with Gasteiger partial charge in [-0.2, -0.15) is 9.97 Å². The Morgan fingerprint density at radius 3 is 2.63 bits per heavy atom. The van der Waals surface area contributed by atoms with Crippen LogP contribution in [-0.4, -0.2) is 33.0 Å². The van der Waals surface area contributed by atoms with E-state index in [0.717, 1.165) is 24.8 Å². The van der Waals surface area contributed by atoms with Gasteiger partial charge in [0.25, 0.3) is 0 Å². The Hall–Kier alpha value is -4.12. The molecule has 0 saturated heterocycles. The standard InChI is InChI=1S/C27H31N7O/c1-3-14-29-27-32-24(18-25(33-27)34-15-6-7-16-34)31-23(17-20-8-4-5-9-20)26(35)30-19-21-10-12-22(28-2)13-11-21/h3,6-7,10-13,15-16,18,20,23H,1,4-5,8-9,14,17,19H2,(H,30,35)(H2,29,31,32,33). The molecule has 0 spiro atoms. The SMILES string of the molecule is [C-]#[N+]c1ccc(CNC(=O)C(CC2CCCC2)Nc2cc(-n3cccc3)nc(NCC=C)n2)cc1. The quantitative estimate of drug-likeness (QED) is 0.269. The number of hydrogen-bond acceptors (Lipinski definition) is 5. The van der Waals surface area contributed by atoms with Crippen LogP contribution in [0.5, 0.6) is 0 Å². The minimum atomic E-state index is -0.416. The van der Waals surface area contributed by atoms with Crippen molar-refractivity contribution in [2.75, 3.05) is 17.2 Å². The highest BCUT2D eigenvalue weighted by atomic mass is 16.2. The third kappa shape index (κ3) is 6.70. The van der Waals surface area contributed by atoms with Crippen LogP contribution in [0.3, 0.4) is 0 Å². The van der Waals surface area contributed by atoms with Gasteiger partial charge in [-0.1, -0.05) is 56.0 Å². The Kier molecular flexibility index (Phi) is 8.12. The van der Waals surface area contributed by atoms with Gasteiger partial charge in [-0.3, -0.25) is 4.79 Å². The fourth-order valence-electron chi connectivity index (χ4n) is 4.36. The number of nitrogens with zero attached hydrogens (tertiary/aromatic N) is 4. The van der Waals surface area contributed by atoms with Gasteiger partial charge in [-0.25, -0.2) is 4.85 Å². The summed E-state index contributed by atoms with van der Waals surface area (Å²) in [4.78, 5) is 25.9. The van der Waals surface area contributed by atoms with Crippen LogP contribution in [0.2, 0.25) is 0 Å². The summed E-state index contributed by atoms with van der Waals surface area (Å²) in [6.45, 7) is 11.8. The van der Waals surface area contributed by atoms with Crippen molar-refractivity contribution in [3.05, 3.63) is 84.5 Å². The van der Waals surface area contributed by atoms with Crippen molar-refractivity contribution < 1.29 is 4.79 Å². The highest BCUT2D eigenvalue weighted by Gasteiger charge is 2.26. The monoisotopic (exact) mass is 469 g/mol. The third-order valence-electron chi connectivity index (χ3n) is 6.20. The first-order valence-corrected chi connectivity index (χ1v) is 12.0. The lowest BCUT2D eigenvalue weighted by molar-refractivity contribution is -0.122. The van der Waals surface area contributed by atoms with Crippen molar-refractivity contribution in [1.82, 2.24) is 19.9 Å². The molecular weight excluding hydrogens is 438 g/mol. The van der Waals surface area contributed by atoms with E-state index in [1.54, 1.807) is 18.2 Å². The van der Waals surface area contributed by atoms with Crippen molar-refractivity contribution in [1.29, 1.82) is 0 Å². The lowest BCUT2D eigenvalue weighted by atomic mass is 9.97. The van der Waals surface area contributed by atoms with E-state index >= 15 is 0 Å². The molecule has 1 aliphatic carbocycles. The van der Waals surface area contributed by atoms with Crippen LogP contribution in [0, 0.1) is 12.5 Å². The van der Waals surface area contributed by atoms with Crippen LogP contribution < -0.4 is 16.0 Å². The van der Waals surface area contributed by atoms with Gasteiger partial charge in [0.15, 0.2) is 5.69 Å². The maximum atomic E-state index is 13.3. The fraction of sp³-hybridized carbons (Fsp3) is 0.333. The summed E-state index contributed by atoms with van der Waals surface area (Å²) in [6.07, 6.45) is 11.1. The summed E-state index contributed by atoms with van der Waals surface area (Å²) in [7, 11) is 0. The van der Waals surface area contributed by atoms with Gasteiger partial charge in [0, 0.05) is 31.5 Å². The largest absolute Gasteiger partial charge is 0.358 e. The molecule has 0 radical (unpaired) electrons. The molecule has 8 heteroatoms. The van der Waals surface area contributed by atoms with Crippen molar-refractivity contribution in [3.63, 3.8) is 0 Å². The molecule has 180 valence electrons. The highest BCUT2D eigenvalue weighted by molar-refractivity contribution is 5.84. The van der Waals surface area contributed by atoms with E-state index in [-0.39, 0.29) is 5.91 Å². The summed E-state index contributed by atoms with van der Waals surface area (Å²) in [5, 5.41) is 9.62. The molecule has 8 nitrogen and oxygen atoms in total. The Balaban J connectivity index is 1.52. The van der Waals surface area contributed by atoms with Crippen LogP contribution in [0.15, 0.2) is 67.5 Å². The van der Waals surface area contributed by atoms with Gasteiger partial charge >= 0.3 is 0 Å². The van der Waals surface area contributed by atoms with Crippen LogP contribution in [-0.2, 0) is 11.3 Å². The zero-order valence-corrected chi connectivity index (χ0v) is 19.8. The van der Waals surface area contributed by atoms with E-state index in [1.165, 1.54) is 12.8 Å². The maximum absolute atomic E-state index is 13.3. The average Bonchev–Trinajstić information content (AvgIpc) is 3.61. The number of amides is 1. The molecule has 35 heavy (non-hydrogen) atoms. The normalized spacial score (nSPS) is 14.1. The summed E-state index contributed by atoms with van der Waals surface area (Å²) < 4.78 is 1.91. The van der Waals surface area contributed by atoms with Crippen LogP contribution in [0.1, 0.15) is 37.7 Å². The van der Waals surface area contributed by atoms with Gasteiger partial charge in [0.05, 0.1) is 6.57 Å². The molecule has 1 saturated carbocycles. The van der Waals surface area contributed by atoms with Crippen molar-refractivity contribution in [2.45, 2.75) is 44.7 Å². The number of nitrogens with one attached hydrogen (secondary N) is 3. The minimum absolute atomic E-state index is 0.0621. The summed E-state index contributed by atoms with van der Waals surface area (Å²) in [5.41, 5.74) is 1.54. The lowest BCUT2D eigenvalue weighted by Gasteiger charge is -2.22. The van der Waals surface area contributed by atoms with Gasteiger partial charge in [-0.05, 0) is 30.0 Å². The molecule has 3 aromatic rings. The van der Waals surface area contributed by atoms with Crippen molar-refractivity contribution in [3.8, 4) is 5.82 Å². The van der Waals surface area contributed by atoms with Gasteiger partial charge in [0.2, 0.25) is 11.9 Å². The Morgan fingerprint density at radius 2 is 1.94 bits per heavy atom. The minimum Gasteiger partial charge on any atom is -0.358 e. The molecule has 1 aliphatic rings. The number of carbonyl (C=O) groups is 1. The second-order valence-corrected chi connectivity index (χ2v) is 8.77. The molecule has 1 aromatic carbocycles. The molecule has 1 atom stereocenters. The molecule has 0 aliphatic heterocycles. The molecule has 2 aromatic heterocycles. The van der Waals surface area contributed by atoms with E-state index in [4.69, 9.17) is 6.57 Å². The van der Waals surface area contributed by atoms with E-state index < -0.39 is 6.04 Å². The van der Waals surface area contributed by atoms with Crippen LogP contribution in [0.4, 0.5) is 17.5 Å². The summed E-state index contributed by atoms with van der Waals surface area (Å²) >= 11 is 0. The summed E-state index contributed by atoms with van der Waals surface area (Å²) in [5.74, 6) is 2.22. The molecule has 1 unspecified atom stereocenters. The van der Waals surface area contributed by atoms with E-state index in [2.05, 4.69) is 37.3 Å². The number of hydrogen-bond donors (Lipinski definition) is 3. The molecule has 1 fully saturated rings. The van der Waals surface area contributed by atoms with Crippen LogP contribution in [0.25, 0.3) is 10.7 Å². The van der Waals surface area contributed by atoms with E-state index in [1.807, 2.05) is 47.3 Å². The molecule has 2 heterocycles. The number of carbonyl (C=O) groups excluding carboxylic acids is 1. The first kappa shape index (κ1) is 24.0. The maximum Gasteiger partial charge on any atom is 0.242 e. The topological polar surface area (TPSA) is 88.2 Å². The first-order valence-electron chi connectivity index (χ1n) is 12.0. The fourth-order valence-corrected chi connectivity index (χ4v) is 4.36. The first-order chi connectivity index (χ1) is 17.1. The molecule has 0 bridgehead atoms. The Bertz CT molecular complexity index is 1160. The molecule has 3 N–H and O–H groups in total. The van der Waals surface area contributed by atoms with Gasteiger partial charge in [0.1, 0.15) is 17.7 Å². The predicted octanol–water partition coefficient (Wildman–Crippen LogP) is 5.09. The van der Waals surface area contributed by atoms with E-state index in [9.17, 15) is 4.79 Å². The number of aromatic nitrogens is 3. The van der Waals surface area contributed by atoms with E-state index in [0.29, 0.717) is 42.3 Å². The van der Waals surface area contributed by atoms with Gasteiger partial charge in [-0.15, -0.1) is 6.58 Å². The number of benzene rings is 1. The highest BCUT2D eigenvalue weighted by Crippen LogP contribution is 2.29. The molecule has 4 rings (SSSR count). The van der Waals surface area contributed by atoms with Crippen molar-refractivity contribution in [2.24, 2.45) is 5.92 Å².